The molecule has 0 bridgehead atoms. The zero-order chi connectivity index (χ0) is 15.2. The Labute approximate surface area is 129 Å². The number of aliphatic hydroxyl groups excluding tert-OH is 1. The zero-order valence-corrected chi connectivity index (χ0v) is 13.7. The van der Waals surface area contributed by atoms with Gasteiger partial charge in [0.2, 0.25) is 5.91 Å². The number of nitrogens with one attached hydrogen (secondary N) is 1. The minimum atomic E-state index is -0.335. The van der Waals surface area contributed by atoms with E-state index in [2.05, 4.69) is 5.32 Å². The van der Waals surface area contributed by atoms with Crippen molar-refractivity contribution in [1.82, 2.24) is 10.2 Å². The van der Waals surface area contributed by atoms with Crippen molar-refractivity contribution < 1.29 is 9.90 Å². The molecule has 0 radical (unpaired) electrons. The summed E-state index contributed by atoms with van der Waals surface area (Å²) in [6, 6.07) is 0.960. The minimum Gasteiger partial charge on any atom is -0.393 e. The Balaban J connectivity index is 1.93. The van der Waals surface area contributed by atoms with Crippen LogP contribution in [0.5, 0.6) is 0 Å². The summed E-state index contributed by atoms with van der Waals surface area (Å²) in [5.74, 6) is 0.457. The van der Waals surface area contributed by atoms with Crippen LogP contribution in [0.1, 0.15) is 65.2 Å². The van der Waals surface area contributed by atoms with E-state index in [-0.39, 0.29) is 17.9 Å². The monoisotopic (exact) mass is 296 g/mol. The second-order valence-electron chi connectivity index (χ2n) is 6.98. The van der Waals surface area contributed by atoms with Crippen molar-refractivity contribution in [1.29, 1.82) is 0 Å². The second kappa shape index (κ2) is 8.14. The lowest BCUT2D eigenvalue weighted by atomic mass is 9.88. The molecule has 1 amide bonds. The van der Waals surface area contributed by atoms with E-state index < -0.39 is 0 Å². The molecule has 21 heavy (non-hydrogen) atoms. The fourth-order valence-electron chi connectivity index (χ4n) is 3.79. The van der Waals surface area contributed by atoms with Crippen molar-refractivity contribution in [2.75, 3.05) is 13.1 Å². The van der Waals surface area contributed by atoms with Crippen LogP contribution in [0.3, 0.4) is 0 Å². The van der Waals surface area contributed by atoms with E-state index in [9.17, 15) is 9.90 Å². The van der Waals surface area contributed by atoms with Crippen LogP contribution in [-0.4, -0.2) is 47.2 Å². The van der Waals surface area contributed by atoms with Crippen molar-refractivity contribution in [3.8, 4) is 0 Å². The first-order chi connectivity index (χ1) is 10.1. The van der Waals surface area contributed by atoms with Crippen LogP contribution in [0.2, 0.25) is 0 Å². The van der Waals surface area contributed by atoms with E-state index in [4.69, 9.17) is 0 Å². The highest BCUT2D eigenvalue weighted by Crippen LogP contribution is 2.24. The Kier molecular flexibility index (Phi) is 6.49. The zero-order valence-electron chi connectivity index (χ0n) is 13.7. The molecule has 2 aliphatic rings. The molecule has 0 aromatic carbocycles. The number of carbonyl (C=O) groups is 1. The van der Waals surface area contributed by atoms with Crippen molar-refractivity contribution in [2.45, 2.75) is 83.4 Å². The van der Waals surface area contributed by atoms with Gasteiger partial charge < -0.3 is 15.3 Å². The first-order valence-corrected chi connectivity index (χ1v) is 8.82. The third-order valence-electron chi connectivity index (χ3n) is 5.06. The normalized spacial score (nSPS) is 29.4. The van der Waals surface area contributed by atoms with Gasteiger partial charge in [-0.05, 0) is 32.6 Å². The van der Waals surface area contributed by atoms with E-state index in [1.54, 1.807) is 0 Å². The van der Waals surface area contributed by atoms with E-state index in [1.165, 1.54) is 32.1 Å². The van der Waals surface area contributed by atoms with E-state index in [0.29, 0.717) is 18.5 Å². The molecule has 3 unspecified atom stereocenters. The first-order valence-electron chi connectivity index (χ1n) is 8.82. The number of aliphatic hydroxyl groups is 1. The molecule has 2 fully saturated rings. The van der Waals surface area contributed by atoms with E-state index >= 15 is 0 Å². The number of likely N-dealkylation sites (tertiary alicyclic amines) is 1. The van der Waals surface area contributed by atoms with Crippen molar-refractivity contribution in [3.05, 3.63) is 0 Å². The quantitative estimate of drug-likeness (QED) is 0.818. The van der Waals surface area contributed by atoms with Gasteiger partial charge in [-0.1, -0.05) is 26.2 Å². The summed E-state index contributed by atoms with van der Waals surface area (Å²) in [6.07, 6.45) is 8.71. The molecule has 0 spiro atoms. The Hall–Kier alpha value is -0.610. The number of amides is 1. The fourth-order valence-corrected chi connectivity index (χ4v) is 3.79. The summed E-state index contributed by atoms with van der Waals surface area (Å²) in [6.45, 7) is 5.44. The number of rotatable bonds is 5. The molecule has 1 aliphatic heterocycles. The molecule has 2 N–H and O–H groups in total. The third kappa shape index (κ3) is 4.96. The van der Waals surface area contributed by atoms with Gasteiger partial charge in [0.05, 0.1) is 6.10 Å². The van der Waals surface area contributed by atoms with Crippen LogP contribution in [0.15, 0.2) is 0 Å². The Morgan fingerprint density at radius 3 is 2.57 bits per heavy atom. The molecule has 3 atom stereocenters. The summed E-state index contributed by atoms with van der Waals surface area (Å²) in [7, 11) is 0. The van der Waals surface area contributed by atoms with Gasteiger partial charge in [0, 0.05) is 37.5 Å². The van der Waals surface area contributed by atoms with Crippen LogP contribution in [0.25, 0.3) is 0 Å². The van der Waals surface area contributed by atoms with Crippen LogP contribution < -0.4 is 5.32 Å². The molecular weight excluding hydrogens is 264 g/mol. The lowest BCUT2D eigenvalue weighted by molar-refractivity contribution is -0.134. The molecule has 2 rings (SSSR count). The maximum absolute atomic E-state index is 12.2. The van der Waals surface area contributed by atoms with Crippen LogP contribution in [-0.2, 0) is 4.79 Å². The van der Waals surface area contributed by atoms with Gasteiger partial charge in [-0.15, -0.1) is 0 Å². The van der Waals surface area contributed by atoms with Gasteiger partial charge >= 0.3 is 0 Å². The second-order valence-corrected chi connectivity index (χ2v) is 6.98. The molecule has 1 heterocycles. The number of nitrogens with zero attached hydrogens (tertiary/aromatic N) is 1. The first kappa shape index (κ1) is 16.8. The molecular formula is C17H32N2O2. The number of hydrogen-bond acceptors (Lipinski definition) is 3. The van der Waals surface area contributed by atoms with Gasteiger partial charge in [-0.2, -0.15) is 0 Å². The summed E-state index contributed by atoms with van der Waals surface area (Å²) in [5, 5.41) is 13.7. The van der Waals surface area contributed by atoms with Crippen molar-refractivity contribution in [2.24, 2.45) is 5.92 Å². The summed E-state index contributed by atoms with van der Waals surface area (Å²) < 4.78 is 0. The lowest BCUT2D eigenvalue weighted by Gasteiger charge is -2.41. The predicted octanol–water partition coefficient (Wildman–Crippen LogP) is 2.31. The van der Waals surface area contributed by atoms with Gasteiger partial charge in [0.1, 0.15) is 0 Å². The Bertz CT molecular complexity index is 327. The predicted molar refractivity (Wildman–Crippen MR) is 85.1 cm³/mol. The third-order valence-corrected chi connectivity index (χ3v) is 5.06. The summed E-state index contributed by atoms with van der Waals surface area (Å²) in [5.41, 5.74) is 0. The highest BCUT2D eigenvalue weighted by Gasteiger charge is 2.32. The average Bonchev–Trinajstić information content (AvgIpc) is 2.48. The smallest absolute Gasteiger partial charge is 0.222 e. The maximum atomic E-state index is 12.2. The van der Waals surface area contributed by atoms with E-state index in [1.807, 2.05) is 18.7 Å². The highest BCUT2D eigenvalue weighted by atomic mass is 16.3. The van der Waals surface area contributed by atoms with Gasteiger partial charge in [0.15, 0.2) is 0 Å². The number of piperidine rings is 1. The molecule has 122 valence electrons. The Morgan fingerprint density at radius 2 is 1.95 bits per heavy atom. The van der Waals surface area contributed by atoms with Crippen LogP contribution >= 0.6 is 0 Å². The van der Waals surface area contributed by atoms with Crippen molar-refractivity contribution in [3.63, 3.8) is 0 Å². The molecule has 4 heteroatoms. The standard InChI is InChI=1S/C17H32N2O2/c1-3-7-17(21)19-11-14(13(2)20)10-16(12-19)18-15-8-5-4-6-9-15/h13-16,18,20H,3-12H2,1-2H3. The largest absolute Gasteiger partial charge is 0.393 e. The fraction of sp³-hybridized carbons (Fsp3) is 0.941. The molecule has 0 aromatic heterocycles. The van der Waals surface area contributed by atoms with Gasteiger partial charge in [0.25, 0.3) is 0 Å². The topological polar surface area (TPSA) is 52.6 Å². The average molecular weight is 296 g/mol. The molecule has 4 nitrogen and oxygen atoms in total. The summed E-state index contributed by atoms with van der Waals surface area (Å²) >= 11 is 0. The Morgan fingerprint density at radius 1 is 1.24 bits per heavy atom. The van der Waals surface area contributed by atoms with Crippen molar-refractivity contribution >= 4 is 5.91 Å². The van der Waals surface area contributed by atoms with Crippen LogP contribution in [0, 0.1) is 5.92 Å². The lowest BCUT2D eigenvalue weighted by Crippen LogP contribution is -2.55. The molecule has 1 saturated heterocycles. The SMILES string of the molecule is CCCC(=O)N1CC(NC2CCCCC2)CC(C(C)O)C1. The molecule has 0 aromatic rings. The number of carbonyl (C=O) groups excluding carboxylic acids is 1. The van der Waals surface area contributed by atoms with Gasteiger partial charge in [-0.3, -0.25) is 4.79 Å². The van der Waals surface area contributed by atoms with Gasteiger partial charge in [-0.25, -0.2) is 0 Å². The van der Waals surface area contributed by atoms with E-state index in [0.717, 1.165) is 25.9 Å². The maximum Gasteiger partial charge on any atom is 0.222 e. The molecule has 1 aliphatic carbocycles. The molecule has 1 saturated carbocycles. The highest BCUT2D eigenvalue weighted by molar-refractivity contribution is 5.76. The summed E-state index contributed by atoms with van der Waals surface area (Å²) in [4.78, 5) is 14.2. The number of hydrogen-bond donors (Lipinski definition) is 2. The minimum absolute atomic E-state index is 0.209. The van der Waals surface area contributed by atoms with Crippen LogP contribution in [0.4, 0.5) is 0 Å².